The molecule has 1 aromatic rings. The largest absolute Gasteiger partial charge is 0.458 e. The highest BCUT2D eigenvalue weighted by molar-refractivity contribution is 9.09. The Morgan fingerprint density at radius 2 is 1.59 bits per heavy atom. The van der Waals surface area contributed by atoms with E-state index in [9.17, 15) is 4.79 Å². The van der Waals surface area contributed by atoms with Crippen molar-refractivity contribution in [2.75, 3.05) is 5.33 Å². The van der Waals surface area contributed by atoms with Crippen LogP contribution in [0.1, 0.15) is 75.1 Å². The molecule has 2 nitrogen and oxygen atoms in total. The fraction of sp³-hybridized carbons (Fsp3) is 0.632. The number of carbonyl (C=O) groups is 1. The van der Waals surface area contributed by atoms with Gasteiger partial charge in [-0.3, -0.25) is 0 Å². The SMILES string of the molecule is CCCCCCCCCCC(CBr)OC(=O)c1ccccc1. The molecule has 0 amide bonds. The Balaban J connectivity index is 2.13. The van der Waals surface area contributed by atoms with Crippen molar-refractivity contribution in [1.82, 2.24) is 0 Å². The minimum atomic E-state index is -0.218. The molecule has 0 aliphatic carbocycles. The van der Waals surface area contributed by atoms with Crippen LogP contribution in [-0.2, 0) is 4.74 Å². The van der Waals surface area contributed by atoms with Gasteiger partial charge >= 0.3 is 5.97 Å². The maximum Gasteiger partial charge on any atom is 0.338 e. The molecule has 0 heterocycles. The van der Waals surface area contributed by atoms with Gasteiger partial charge in [0.25, 0.3) is 0 Å². The second-order valence-electron chi connectivity index (χ2n) is 5.81. The number of esters is 1. The fourth-order valence-electron chi connectivity index (χ4n) is 2.47. The lowest BCUT2D eigenvalue weighted by Gasteiger charge is -2.15. The molecule has 1 aromatic carbocycles. The lowest BCUT2D eigenvalue weighted by Crippen LogP contribution is -2.19. The van der Waals surface area contributed by atoms with E-state index in [4.69, 9.17) is 4.74 Å². The summed E-state index contributed by atoms with van der Waals surface area (Å²) in [7, 11) is 0. The Hall–Kier alpha value is -0.830. The average Bonchev–Trinajstić information content (AvgIpc) is 2.56. The molecule has 0 N–H and O–H groups in total. The van der Waals surface area contributed by atoms with E-state index in [0.29, 0.717) is 10.9 Å². The molecule has 0 aliphatic rings. The smallest absolute Gasteiger partial charge is 0.338 e. The number of unbranched alkanes of at least 4 members (excludes halogenated alkanes) is 7. The van der Waals surface area contributed by atoms with E-state index < -0.39 is 0 Å². The predicted octanol–water partition coefficient (Wildman–Crippen LogP) is 6.14. The lowest BCUT2D eigenvalue weighted by molar-refractivity contribution is 0.0332. The maximum atomic E-state index is 12.0. The Morgan fingerprint density at radius 1 is 1.00 bits per heavy atom. The van der Waals surface area contributed by atoms with Crippen LogP contribution in [0.2, 0.25) is 0 Å². The van der Waals surface area contributed by atoms with Gasteiger partial charge in [0.15, 0.2) is 0 Å². The molecule has 0 aromatic heterocycles. The Labute approximate surface area is 143 Å². The van der Waals surface area contributed by atoms with E-state index in [0.717, 1.165) is 12.8 Å². The first-order valence-corrected chi connectivity index (χ1v) is 9.72. The molecular weight excluding hydrogens is 340 g/mol. The molecule has 3 heteroatoms. The average molecular weight is 369 g/mol. The van der Waals surface area contributed by atoms with Gasteiger partial charge < -0.3 is 4.74 Å². The van der Waals surface area contributed by atoms with Crippen LogP contribution in [0.5, 0.6) is 0 Å². The second-order valence-corrected chi connectivity index (χ2v) is 6.46. The summed E-state index contributed by atoms with van der Waals surface area (Å²) in [5.41, 5.74) is 0.629. The third-order valence-electron chi connectivity index (χ3n) is 3.83. The van der Waals surface area contributed by atoms with Gasteiger partial charge in [0.1, 0.15) is 6.10 Å². The van der Waals surface area contributed by atoms with Gasteiger partial charge in [-0.25, -0.2) is 4.79 Å². The van der Waals surface area contributed by atoms with Crippen molar-refractivity contribution in [1.29, 1.82) is 0 Å². The Morgan fingerprint density at radius 3 is 2.18 bits per heavy atom. The van der Waals surface area contributed by atoms with Gasteiger partial charge in [0.05, 0.1) is 5.56 Å². The molecule has 1 rings (SSSR count). The van der Waals surface area contributed by atoms with E-state index in [1.54, 1.807) is 12.1 Å². The van der Waals surface area contributed by atoms with Gasteiger partial charge in [-0.15, -0.1) is 0 Å². The zero-order chi connectivity index (χ0) is 16.0. The zero-order valence-electron chi connectivity index (χ0n) is 13.7. The number of ether oxygens (including phenoxy) is 1. The van der Waals surface area contributed by atoms with Crippen LogP contribution >= 0.6 is 15.9 Å². The quantitative estimate of drug-likeness (QED) is 0.251. The molecular formula is C19H29BrO2. The second kappa shape index (κ2) is 12.7. The van der Waals surface area contributed by atoms with E-state index in [2.05, 4.69) is 22.9 Å². The van der Waals surface area contributed by atoms with Crippen LogP contribution in [-0.4, -0.2) is 17.4 Å². The van der Waals surface area contributed by atoms with Crippen molar-refractivity contribution in [2.24, 2.45) is 0 Å². The van der Waals surface area contributed by atoms with Crippen LogP contribution in [0, 0.1) is 0 Å². The molecule has 0 radical (unpaired) electrons. The third-order valence-corrected chi connectivity index (χ3v) is 4.56. The van der Waals surface area contributed by atoms with Crippen molar-refractivity contribution in [3.63, 3.8) is 0 Å². The summed E-state index contributed by atoms with van der Waals surface area (Å²) < 4.78 is 5.56. The molecule has 22 heavy (non-hydrogen) atoms. The predicted molar refractivity (Wildman–Crippen MR) is 96.7 cm³/mol. The van der Waals surface area contributed by atoms with Crippen LogP contribution < -0.4 is 0 Å². The highest BCUT2D eigenvalue weighted by Gasteiger charge is 2.14. The van der Waals surface area contributed by atoms with Crippen LogP contribution in [0.3, 0.4) is 0 Å². The number of rotatable bonds is 12. The molecule has 1 unspecified atom stereocenters. The van der Waals surface area contributed by atoms with Crippen molar-refractivity contribution in [2.45, 2.75) is 70.8 Å². The molecule has 0 fully saturated rings. The number of hydrogen-bond acceptors (Lipinski definition) is 2. The topological polar surface area (TPSA) is 26.3 Å². The molecule has 124 valence electrons. The van der Waals surface area contributed by atoms with E-state index in [1.807, 2.05) is 18.2 Å². The highest BCUT2D eigenvalue weighted by Crippen LogP contribution is 2.14. The summed E-state index contributed by atoms with van der Waals surface area (Å²) in [5, 5.41) is 0.710. The Kier molecular flexibility index (Phi) is 11.1. The van der Waals surface area contributed by atoms with Crippen LogP contribution in [0.25, 0.3) is 0 Å². The van der Waals surface area contributed by atoms with Gasteiger partial charge in [-0.05, 0) is 25.0 Å². The highest BCUT2D eigenvalue weighted by atomic mass is 79.9. The summed E-state index contributed by atoms with van der Waals surface area (Å²) in [6.45, 7) is 2.25. The maximum absolute atomic E-state index is 12.0. The van der Waals surface area contributed by atoms with E-state index in [-0.39, 0.29) is 12.1 Å². The number of halogens is 1. The van der Waals surface area contributed by atoms with E-state index in [1.165, 1.54) is 44.9 Å². The summed E-state index contributed by atoms with van der Waals surface area (Å²) in [6.07, 6.45) is 11.3. The third kappa shape index (κ3) is 8.57. The molecule has 1 atom stereocenters. The van der Waals surface area contributed by atoms with Crippen LogP contribution in [0.15, 0.2) is 30.3 Å². The number of alkyl halides is 1. The van der Waals surface area contributed by atoms with Crippen molar-refractivity contribution in [3.05, 3.63) is 35.9 Å². The number of hydrogen-bond donors (Lipinski definition) is 0. The number of benzene rings is 1. The molecule has 0 saturated carbocycles. The van der Waals surface area contributed by atoms with E-state index >= 15 is 0 Å². The standard InChI is InChI=1S/C19H29BrO2/c1-2-3-4-5-6-7-8-12-15-18(16-20)22-19(21)17-13-10-9-11-14-17/h9-11,13-14,18H,2-8,12,15-16H2,1H3. The zero-order valence-corrected chi connectivity index (χ0v) is 15.3. The molecule has 0 aliphatic heterocycles. The summed E-state index contributed by atoms with van der Waals surface area (Å²) in [4.78, 5) is 12.0. The van der Waals surface area contributed by atoms with Gasteiger partial charge in [-0.2, -0.15) is 0 Å². The monoisotopic (exact) mass is 368 g/mol. The fourth-order valence-corrected chi connectivity index (χ4v) is 2.92. The molecule has 0 saturated heterocycles. The van der Waals surface area contributed by atoms with Gasteiger partial charge in [-0.1, -0.05) is 86.0 Å². The number of carbonyl (C=O) groups excluding carboxylic acids is 1. The van der Waals surface area contributed by atoms with Crippen LogP contribution in [0.4, 0.5) is 0 Å². The summed E-state index contributed by atoms with van der Waals surface area (Å²) in [6, 6.07) is 9.21. The summed E-state index contributed by atoms with van der Waals surface area (Å²) in [5.74, 6) is -0.218. The van der Waals surface area contributed by atoms with Crippen molar-refractivity contribution >= 4 is 21.9 Å². The van der Waals surface area contributed by atoms with Gasteiger partial charge in [0, 0.05) is 5.33 Å². The Bertz CT molecular complexity index is 392. The first kappa shape index (κ1) is 19.2. The first-order chi connectivity index (χ1) is 10.8. The molecule has 0 bridgehead atoms. The minimum Gasteiger partial charge on any atom is -0.458 e. The lowest BCUT2D eigenvalue weighted by atomic mass is 10.1. The van der Waals surface area contributed by atoms with Crippen molar-refractivity contribution < 1.29 is 9.53 Å². The van der Waals surface area contributed by atoms with Gasteiger partial charge in [0.2, 0.25) is 0 Å². The first-order valence-electron chi connectivity index (χ1n) is 8.60. The van der Waals surface area contributed by atoms with Crippen molar-refractivity contribution in [3.8, 4) is 0 Å². The normalized spacial score (nSPS) is 12.1. The summed E-state index contributed by atoms with van der Waals surface area (Å²) >= 11 is 3.45. The minimum absolute atomic E-state index is 0.0206. The molecule has 0 spiro atoms.